The lowest BCUT2D eigenvalue weighted by molar-refractivity contribution is 0.272. The van der Waals surface area contributed by atoms with Crippen molar-refractivity contribution in [1.82, 2.24) is 5.32 Å². The largest absolute Gasteiger partial charge is 0.492 e. The molecule has 0 saturated carbocycles. The van der Waals surface area contributed by atoms with E-state index in [0.717, 1.165) is 16.9 Å². The number of benzene rings is 2. The van der Waals surface area contributed by atoms with Gasteiger partial charge in [0.2, 0.25) is 0 Å². The molecule has 0 fully saturated rings. The van der Waals surface area contributed by atoms with Gasteiger partial charge in [0, 0.05) is 5.02 Å². The number of rotatable bonds is 5. The van der Waals surface area contributed by atoms with Crippen LogP contribution in [-0.4, -0.2) is 13.7 Å². The second-order valence-corrected chi connectivity index (χ2v) is 5.05. The monoisotopic (exact) mass is 293 g/mol. The maximum Gasteiger partial charge on any atom is 0.123 e. The molecule has 0 saturated heterocycles. The van der Waals surface area contributed by atoms with Gasteiger partial charge in [-0.05, 0) is 55.4 Å². The van der Waals surface area contributed by atoms with Gasteiger partial charge >= 0.3 is 0 Å². The highest BCUT2D eigenvalue weighted by Gasteiger charge is 2.13. The Bertz CT molecular complexity index is 588. The molecule has 0 radical (unpaired) electrons. The van der Waals surface area contributed by atoms with Crippen molar-refractivity contribution in [2.75, 3.05) is 13.7 Å². The van der Waals surface area contributed by atoms with Gasteiger partial charge in [0.05, 0.1) is 6.04 Å². The highest BCUT2D eigenvalue weighted by Crippen LogP contribution is 2.22. The lowest BCUT2D eigenvalue weighted by atomic mass is 10.0. The van der Waals surface area contributed by atoms with Crippen molar-refractivity contribution in [3.05, 3.63) is 64.4 Å². The predicted molar refractivity (Wildman–Crippen MR) is 79.9 cm³/mol. The molecule has 0 aliphatic carbocycles. The van der Waals surface area contributed by atoms with Crippen LogP contribution in [0.2, 0.25) is 5.02 Å². The molecule has 4 heteroatoms. The van der Waals surface area contributed by atoms with Crippen LogP contribution in [0, 0.1) is 12.7 Å². The van der Waals surface area contributed by atoms with Gasteiger partial charge in [-0.2, -0.15) is 0 Å². The zero-order valence-electron chi connectivity index (χ0n) is 11.5. The first-order valence-electron chi connectivity index (χ1n) is 6.42. The second-order valence-electron chi connectivity index (χ2n) is 4.61. The van der Waals surface area contributed by atoms with Gasteiger partial charge in [-0.1, -0.05) is 23.7 Å². The maximum atomic E-state index is 13.1. The van der Waals surface area contributed by atoms with Crippen molar-refractivity contribution < 1.29 is 9.13 Å². The first-order valence-corrected chi connectivity index (χ1v) is 6.79. The van der Waals surface area contributed by atoms with E-state index in [0.29, 0.717) is 11.6 Å². The average Bonchev–Trinajstić information content (AvgIpc) is 2.41. The highest BCUT2D eigenvalue weighted by atomic mass is 35.5. The summed E-state index contributed by atoms with van der Waals surface area (Å²) in [5, 5.41) is 3.82. The number of nitrogens with one attached hydrogen (secondary N) is 1. The molecule has 1 atom stereocenters. The fraction of sp³-hybridized carbons (Fsp3) is 0.250. The normalized spacial score (nSPS) is 12.2. The van der Waals surface area contributed by atoms with Crippen LogP contribution in [0.1, 0.15) is 17.2 Å². The lowest BCUT2D eigenvalue weighted by Crippen LogP contribution is -2.24. The number of likely N-dealkylation sites (N-methyl/N-ethyl adjacent to an activating group) is 1. The summed E-state index contributed by atoms with van der Waals surface area (Å²) >= 11 is 5.92. The second kappa shape index (κ2) is 6.73. The number of hydrogen-bond donors (Lipinski definition) is 1. The smallest absolute Gasteiger partial charge is 0.123 e. The molecule has 1 N–H and O–H groups in total. The van der Waals surface area contributed by atoms with E-state index in [1.165, 1.54) is 12.1 Å². The van der Waals surface area contributed by atoms with Crippen molar-refractivity contribution in [2.24, 2.45) is 0 Å². The third kappa shape index (κ3) is 3.71. The Labute approximate surface area is 123 Å². The summed E-state index contributed by atoms with van der Waals surface area (Å²) in [6.07, 6.45) is 0. The van der Waals surface area contributed by atoms with Crippen LogP contribution in [0.4, 0.5) is 4.39 Å². The minimum absolute atomic E-state index is 0.00502. The van der Waals surface area contributed by atoms with Crippen molar-refractivity contribution in [2.45, 2.75) is 13.0 Å². The molecule has 1 unspecified atom stereocenters. The van der Waals surface area contributed by atoms with E-state index in [9.17, 15) is 4.39 Å². The zero-order valence-corrected chi connectivity index (χ0v) is 12.2. The first kappa shape index (κ1) is 14.8. The summed E-state index contributed by atoms with van der Waals surface area (Å²) in [5.41, 5.74) is 1.93. The average molecular weight is 294 g/mol. The molecular formula is C16H17ClFNO. The molecular weight excluding hydrogens is 277 g/mol. The summed E-state index contributed by atoms with van der Waals surface area (Å²) in [5.74, 6) is 0.495. The molecule has 2 aromatic rings. The van der Waals surface area contributed by atoms with Crippen molar-refractivity contribution >= 4 is 11.6 Å². The van der Waals surface area contributed by atoms with Crippen LogP contribution in [0.5, 0.6) is 5.75 Å². The van der Waals surface area contributed by atoms with E-state index in [1.807, 2.05) is 26.1 Å². The molecule has 0 aromatic heterocycles. The van der Waals surface area contributed by atoms with E-state index in [4.69, 9.17) is 16.3 Å². The van der Waals surface area contributed by atoms with Crippen LogP contribution >= 0.6 is 11.6 Å². The standard InChI is InChI=1S/C16H17ClFNO/c1-11-8-13(18)6-7-15(11)16(19-2)10-20-14-5-3-4-12(17)9-14/h3-9,16,19H,10H2,1-2H3. The number of aryl methyl sites for hydroxylation is 1. The van der Waals surface area contributed by atoms with Crippen LogP contribution in [-0.2, 0) is 0 Å². The van der Waals surface area contributed by atoms with Gasteiger partial charge in [0.25, 0.3) is 0 Å². The van der Waals surface area contributed by atoms with Gasteiger partial charge in [0.15, 0.2) is 0 Å². The summed E-state index contributed by atoms with van der Waals surface area (Å²) in [6.45, 7) is 2.34. The summed E-state index contributed by atoms with van der Waals surface area (Å²) in [6, 6.07) is 12.0. The molecule has 2 aromatic carbocycles. The minimum atomic E-state index is -0.225. The first-order chi connectivity index (χ1) is 9.60. The van der Waals surface area contributed by atoms with Crippen LogP contribution in [0.15, 0.2) is 42.5 Å². The Morgan fingerprint density at radius 3 is 2.70 bits per heavy atom. The Balaban J connectivity index is 2.09. The quantitative estimate of drug-likeness (QED) is 0.895. The van der Waals surface area contributed by atoms with E-state index >= 15 is 0 Å². The number of ether oxygens (including phenoxy) is 1. The molecule has 0 aliphatic heterocycles. The van der Waals surface area contributed by atoms with Gasteiger partial charge in [-0.15, -0.1) is 0 Å². The van der Waals surface area contributed by atoms with Gasteiger partial charge < -0.3 is 10.1 Å². The van der Waals surface area contributed by atoms with Crippen LogP contribution < -0.4 is 10.1 Å². The molecule has 0 spiro atoms. The summed E-state index contributed by atoms with van der Waals surface area (Å²) in [4.78, 5) is 0. The number of halogens is 2. The van der Waals surface area contributed by atoms with E-state index in [1.54, 1.807) is 18.2 Å². The minimum Gasteiger partial charge on any atom is -0.492 e. The molecule has 2 rings (SSSR count). The fourth-order valence-electron chi connectivity index (χ4n) is 2.10. The van der Waals surface area contributed by atoms with Crippen LogP contribution in [0.3, 0.4) is 0 Å². The third-order valence-corrected chi connectivity index (χ3v) is 3.40. The topological polar surface area (TPSA) is 21.3 Å². The summed E-state index contributed by atoms with van der Waals surface area (Å²) < 4.78 is 18.9. The predicted octanol–water partition coefficient (Wildman–Crippen LogP) is 4.13. The Hall–Kier alpha value is -1.58. The molecule has 0 amide bonds. The van der Waals surface area contributed by atoms with Gasteiger partial charge in [0.1, 0.15) is 18.2 Å². The van der Waals surface area contributed by atoms with Gasteiger partial charge in [-0.3, -0.25) is 0 Å². The van der Waals surface area contributed by atoms with Gasteiger partial charge in [-0.25, -0.2) is 4.39 Å². The highest BCUT2D eigenvalue weighted by molar-refractivity contribution is 6.30. The zero-order chi connectivity index (χ0) is 14.5. The SMILES string of the molecule is CNC(COc1cccc(Cl)c1)c1ccc(F)cc1C. The van der Waals surface area contributed by atoms with E-state index in [-0.39, 0.29) is 11.9 Å². The summed E-state index contributed by atoms with van der Waals surface area (Å²) in [7, 11) is 1.86. The molecule has 20 heavy (non-hydrogen) atoms. The maximum absolute atomic E-state index is 13.1. The Kier molecular flexibility index (Phi) is 4.99. The molecule has 0 bridgehead atoms. The molecule has 2 nitrogen and oxygen atoms in total. The van der Waals surface area contributed by atoms with Crippen molar-refractivity contribution in [3.8, 4) is 5.75 Å². The lowest BCUT2D eigenvalue weighted by Gasteiger charge is -2.19. The fourth-order valence-corrected chi connectivity index (χ4v) is 2.28. The van der Waals surface area contributed by atoms with Crippen molar-refractivity contribution in [3.63, 3.8) is 0 Å². The molecule has 0 heterocycles. The third-order valence-electron chi connectivity index (χ3n) is 3.17. The van der Waals surface area contributed by atoms with Crippen LogP contribution in [0.25, 0.3) is 0 Å². The van der Waals surface area contributed by atoms with Crippen molar-refractivity contribution in [1.29, 1.82) is 0 Å². The van der Waals surface area contributed by atoms with E-state index in [2.05, 4.69) is 5.32 Å². The number of hydrogen-bond acceptors (Lipinski definition) is 2. The molecule has 0 aliphatic rings. The Morgan fingerprint density at radius 2 is 2.05 bits per heavy atom. The van der Waals surface area contributed by atoms with E-state index < -0.39 is 0 Å². The Morgan fingerprint density at radius 1 is 1.25 bits per heavy atom. The molecule has 106 valence electrons.